The van der Waals surface area contributed by atoms with E-state index in [1.807, 2.05) is 0 Å². The van der Waals surface area contributed by atoms with Gasteiger partial charge in [0, 0.05) is 17.8 Å². The van der Waals surface area contributed by atoms with Crippen LogP contribution in [0, 0.1) is 32.1 Å². The summed E-state index contributed by atoms with van der Waals surface area (Å²) in [6.07, 6.45) is 7.28. The molecular weight excluding hydrogens is 292 g/mol. The molecule has 0 unspecified atom stereocenters. The molecule has 0 bridgehead atoms. The summed E-state index contributed by atoms with van der Waals surface area (Å²) in [7, 11) is -3.80. The summed E-state index contributed by atoms with van der Waals surface area (Å²) in [4.78, 5) is 13.8. The van der Waals surface area contributed by atoms with Crippen LogP contribution in [0.3, 0.4) is 0 Å². The van der Waals surface area contributed by atoms with Gasteiger partial charge in [0.15, 0.2) is 0 Å². The molecule has 21 heavy (non-hydrogen) atoms. The van der Waals surface area contributed by atoms with E-state index in [-0.39, 0.29) is 22.7 Å². The molecule has 1 aromatic rings. The maximum Gasteiger partial charge on any atom is 0.352 e. The van der Waals surface area contributed by atoms with Crippen LogP contribution < -0.4 is 0 Å². The zero-order chi connectivity index (χ0) is 15.8. The third kappa shape index (κ3) is 2.96. The van der Waals surface area contributed by atoms with Crippen molar-refractivity contribution in [3.05, 3.63) is 17.0 Å². The maximum absolute atomic E-state index is 12.8. The number of aromatic nitrogens is 1. The summed E-state index contributed by atoms with van der Waals surface area (Å²) in [5.74, 6) is 1.54. The molecule has 7 heteroatoms. The molecule has 0 aliphatic heterocycles. The molecule has 0 amide bonds. The SMILES string of the molecule is C#CCN(CC1CC1)S(=O)(=O)c1c(C)[nH]c(C(=O)O)c1C. The highest BCUT2D eigenvalue weighted by molar-refractivity contribution is 7.89. The number of aryl methyl sites for hydroxylation is 1. The number of sulfonamides is 1. The number of nitrogens with one attached hydrogen (secondary N) is 1. The molecule has 2 rings (SSSR count). The van der Waals surface area contributed by atoms with Crippen molar-refractivity contribution in [1.82, 2.24) is 9.29 Å². The summed E-state index contributed by atoms with van der Waals surface area (Å²) >= 11 is 0. The molecule has 0 radical (unpaired) electrons. The molecule has 0 spiro atoms. The number of hydrogen-bond acceptors (Lipinski definition) is 3. The van der Waals surface area contributed by atoms with Gasteiger partial charge in [0.05, 0.1) is 6.54 Å². The van der Waals surface area contributed by atoms with Crippen LogP contribution in [0.15, 0.2) is 4.90 Å². The van der Waals surface area contributed by atoms with Crippen molar-refractivity contribution < 1.29 is 18.3 Å². The summed E-state index contributed by atoms with van der Waals surface area (Å²) in [5, 5.41) is 9.09. The number of hydrogen-bond donors (Lipinski definition) is 2. The molecule has 6 nitrogen and oxygen atoms in total. The number of nitrogens with zero attached hydrogens (tertiary/aromatic N) is 1. The number of H-pyrrole nitrogens is 1. The first-order chi connectivity index (χ1) is 9.78. The first-order valence-electron chi connectivity index (χ1n) is 6.65. The second-order valence-electron chi connectivity index (χ2n) is 5.33. The number of aromatic carboxylic acids is 1. The van der Waals surface area contributed by atoms with E-state index < -0.39 is 16.0 Å². The first kappa shape index (κ1) is 15.6. The molecule has 114 valence electrons. The third-order valence-electron chi connectivity index (χ3n) is 3.61. The van der Waals surface area contributed by atoms with E-state index in [2.05, 4.69) is 10.9 Å². The lowest BCUT2D eigenvalue weighted by Gasteiger charge is -2.20. The number of carbonyl (C=O) groups is 1. The third-order valence-corrected chi connectivity index (χ3v) is 5.69. The minimum absolute atomic E-state index is 0.00863. The van der Waals surface area contributed by atoms with Crippen LogP contribution in [0.5, 0.6) is 0 Å². The second kappa shape index (κ2) is 5.54. The molecule has 1 saturated carbocycles. The molecule has 1 aliphatic carbocycles. The maximum atomic E-state index is 12.8. The quantitative estimate of drug-likeness (QED) is 0.776. The van der Waals surface area contributed by atoms with E-state index in [0.717, 1.165) is 12.8 Å². The average molecular weight is 310 g/mol. The Hall–Kier alpha value is -1.78. The summed E-state index contributed by atoms with van der Waals surface area (Å²) in [6.45, 7) is 3.42. The number of rotatable bonds is 6. The van der Waals surface area contributed by atoms with E-state index in [4.69, 9.17) is 11.5 Å². The highest BCUT2D eigenvalue weighted by atomic mass is 32.2. The lowest BCUT2D eigenvalue weighted by Crippen LogP contribution is -2.34. The minimum Gasteiger partial charge on any atom is -0.477 e. The molecule has 2 N–H and O–H groups in total. The largest absolute Gasteiger partial charge is 0.477 e. The monoisotopic (exact) mass is 310 g/mol. The van der Waals surface area contributed by atoms with Gasteiger partial charge in [0.1, 0.15) is 10.6 Å². The van der Waals surface area contributed by atoms with Crippen LogP contribution in [0.1, 0.15) is 34.6 Å². The Morgan fingerprint density at radius 2 is 2.10 bits per heavy atom. The lowest BCUT2D eigenvalue weighted by atomic mass is 10.2. The number of carboxylic acids is 1. The highest BCUT2D eigenvalue weighted by Crippen LogP contribution is 2.33. The molecular formula is C14H18N2O4S. The van der Waals surface area contributed by atoms with E-state index in [1.54, 1.807) is 6.92 Å². The van der Waals surface area contributed by atoms with Gasteiger partial charge in [0.2, 0.25) is 10.0 Å². The van der Waals surface area contributed by atoms with Crippen molar-refractivity contribution in [3.8, 4) is 12.3 Å². The van der Waals surface area contributed by atoms with Gasteiger partial charge in [-0.25, -0.2) is 13.2 Å². The average Bonchev–Trinajstić information content (AvgIpc) is 3.13. The van der Waals surface area contributed by atoms with Crippen molar-refractivity contribution in [2.24, 2.45) is 5.92 Å². The summed E-state index contributed by atoms with van der Waals surface area (Å²) in [6, 6.07) is 0. The molecule has 0 atom stereocenters. The Morgan fingerprint density at radius 3 is 2.52 bits per heavy atom. The summed E-state index contributed by atoms with van der Waals surface area (Å²) in [5.41, 5.74) is 0.443. The molecule has 1 fully saturated rings. The van der Waals surface area contributed by atoms with Crippen molar-refractivity contribution >= 4 is 16.0 Å². The molecule has 1 aromatic heterocycles. The Bertz CT molecular complexity index is 708. The van der Waals surface area contributed by atoms with Gasteiger partial charge >= 0.3 is 5.97 Å². The van der Waals surface area contributed by atoms with Crippen molar-refractivity contribution in [1.29, 1.82) is 0 Å². The Kier molecular flexibility index (Phi) is 4.12. The van der Waals surface area contributed by atoms with Gasteiger partial charge in [-0.1, -0.05) is 5.92 Å². The zero-order valence-corrected chi connectivity index (χ0v) is 12.8. The Labute approximate surface area is 124 Å². The van der Waals surface area contributed by atoms with Crippen LogP contribution in [-0.2, 0) is 10.0 Å². The van der Waals surface area contributed by atoms with E-state index in [1.165, 1.54) is 11.2 Å². The van der Waals surface area contributed by atoms with Gasteiger partial charge in [0.25, 0.3) is 0 Å². The second-order valence-corrected chi connectivity index (χ2v) is 7.20. The normalized spacial score (nSPS) is 15.1. The topological polar surface area (TPSA) is 90.5 Å². The predicted octanol–water partition coefficient (Wildman–Crippen LogP) is 1.36. The predicted molar refractivity (Wildman–Crippen MR) is 77.5 cm³/mol. The van der Waals surface area contributed by atoms with Gasteiger partial charge < -0.3 is 10.1 Å². The number of terminal acetylenes is 1. The minimum atomic E-state index is -3.80. The smallest absolute Gasteiger partial charge is 0.352 e. The fourth-order valence-corrected chi connectivity index (χ4v) is 4.24. The van der Waals surface area contributed by atoms with Crippen LogP contribution in [0.4, 0.5) is 0 Å². The van der Waals surface area contributed by atoms with E-state index in [0.29, 0.717) is 18.2 Å². The zero-order valence-electron chi connectivity index (χ0n) is 12.0. The van der Waals surface area contributed by atoms with Gasteiger partial charge in [-0.15, -0.1) is 6.42 Å². The fraction of sp³-hybridized carbons (Fsp3) is 0.500. The van der Waals surface area contributed by atoms with Gasteiger partial charge in [-0.05, 0) is 32.6 Å². The van der Waals surface area contributed by atoms with Crippen molar-refractivity contribution in [3.63, 3.8) is 0 Å². The van der Waals surface area contributed by atoms with Crippen molar-refractivity contribution in [2.75, 3.05) is 13.1 Å². The van der Waals surface area contributed by atoms with Crippen LogP contribution in [0.25, 0.3) is 0 Å². The summed E-state index contributed by atoms with van der Waals surface area (Å²) < 4.78 is 26.8. The highest BCUT2D eigenvalue weighted by Gasteiger charge is 2.35. The molecule has 0 aromatic carbocycles. The lowest BCUT2D eigenvalue weighted by molar-refractivity contribution is 0.0690. The standard InChI is InChI=1S/C14H18N2O4S/c1-4-7-16(8-11-5-6-11)21(19,20)13-9(2)12(14(17)18)15-10(13)3/h1,11,15H,5-8H2,2-3H3,(H,17,18). The van der Waals surface area contributed by atoms with E-state index in [9.17, 15) is 13.2 Å². The van der Waals surface area contributed by atoms with E-state index >= 15 is 0 Å². The van der Waals surface area contributed by atoms with Crippen molar-refractivity contribution in [2.45, 2.75) is 31.6 Å². The molecule has 1 heterocycles. The molecule has 0 saturated heterocycles. The molecule has 1 aliphatic rings. The van der Waals surface area contributed by atoms with Gasteiger partial charge in [-0.3, -0.25) is 0 Å². The van der Waals surface area contributed by atoms with Crippen LogP contribution in [-0.4, -0.2) is 41.9 Å². The number of aromatic amines is 1. The Balaban J connectivity index is 2.46. The Morgan fingerprint density at radius 1 is 1.48 bits per heavy atom. The fourth-order valence-electron chi connectivity index (χ4n) is 2.40. The van der Waals surface area contributed by atoms with Crippen LogP contribution in [0.2, 0.25) is 0 Å². The first-order valence-corrected chi connectivity index (χ1v) is 8.09. The van der Waals surface area contributed by atoms with Crippen LogP contribution >= 0.6 is 0 Å². The van der Waals surface area contributed by atoms with Gasteiger partial charge in [-0.2, -0.15) is 4.31 Å². The number of carboxylic acid groups (broad SMARTS) is 1.